The topological polar surface area (TPSA) is 25.2 Å². The van der Waals surface area contributed by atoms with Gasteiger partial charge in [0.25, 0.3) is 0 Å². The first-order valence-electron chi connectivity index (χ1n) is 4.48. The molecule has 1 heterocycles. The largest absolute Gasteiger partial charge is 0.272 e. The molecule has 0 saturated heterocycles. The molecule has 0 aliphatic carbocycles. The second-order valence-corrected chi connectivity index (χ2v) is 3.02. The lowest BCUT2D eigenvalue weighted by Gasteiger charge is -2.01. The Bertz CT molecular complexity index is 376. The SMILES string of the molecule is C=N/C=C(\C=C/C)c1cncc(C)c1. The molecule has 0 bridgehead atoms. The summed E-state index contributed by atoms with van der Waals surface area (Å²) >= 11 is 0. The van der Waals surface area contributed by atoms with Gasteiger partial charge in [-0.3, -0.25) is 9.98 Å². The highest BCUT2D eigenvalue weighted by Gasteiger charge is 1.97. The van der Waals surface area contributed by atoms with Crippen molar-refractivity contribution in [2.24, 2.45) is 4.99 Å². The zero-order chi connectivity index (χ0) is 10.4. The van der Waals surface area contributed by atoms with E-state index in [1.54, 1.807) is 6.20 Å². The smallest absolute Gasteiger partial charge is 0.0347 e. The Balaban J connectivity index is 3.11. The monoisotopic (exact) mass is 186 g/mol. The summed E-state index contributed by atoms with van der Waals surface area (Å²) in [4.78, 5) is 7.90. The quantitative estimate of drug-likeness (QED) is 0.526. The van der Waals surface area contributed by atoms with Crippen molar-refractivity contribution in [3.8, 4) is 0 Å². The van der Waals surface area contributed by atoms with Crippen molar-refractivity contribution < 1.29 is 0 Å². The van der Waals surface area contributed by atoms with Gasteiger partial charge >= 0.3 is 0 Å². The number of aromatic nitrogens is 1. The lowest BCUT2D eigenvalue weighted by molar-refractivity contribution is 1.25. The number of hydrogen-bond donors (Lipinski definition) is 0. The Morgan fingerprint density at radius 3 is 2.86 bits per heavy atom. The molecule has 0 aliphatic rings. The van der Waals surface area contributed by atoms with Crippen LogP contribution in [-0.4, -0.2) is 11.7 Å². The van der Waals surface area contributed by atoms with Gasteiger partial charge in [0, 0.05) is 29.7 Å². The first-order chi connectivity index (χ1) is 6.77. The van der Waals surface area contributed by atoms with Crippen LogP contribution in [0.4, 0.5) is 0 Å². The van der Waals surface area contributed by atoms with Crippen molar-refractivity contribution in [1.82, 2.24) is 4.98 Å². The molecule has 0 radical (unpaired) electrons. The fourth-order valence-electron chi connectivity index (χ4n) is 1.20. The number of rotatable bonds is 3. The minimum Gasteiger partial charge on any atom is -0.272 e. The summed E-state index contributed by atoms with van der Waals surface area (Å²) in [5.41, 5.74) is 3.23. The van der Waals surface area contributed by atoms with Crippen LogP contribution in [0.25, 0.3) is 5.57 Å². The van der Waals surface area contributed by atoms with Gasteiger partial charge in [0.2, 0.25) is 0 Å². The minimum atomic E-state index is 1.03. The van der Waals surface area contributed by atoms with Crippen LogP contribution in [0.3, 0.4) is 0 Å². The molecule has 0 fully saturated rings. The molecule has 0 saturated carbocycles. The van der Waals surface area contributed by atoms with Gasteiger partial charge in [-0.1, -0.05) is 12.2 Å². The molecule has 0 unspecified atom stereocenters. The molecule has 1 aromatic rings. The highest BCUT2D eigenvalue weighted by Crippen LogP contribution is 2.15. The van der Waals surface area contributed by atoms with Crippen LogP contribution >= 0.6 is 0 Å². The highest BCUT2D eigenvalue weighted by molar-refractivity contribution is 5.73. The van der Waals surface area contributed by atoms with Gasteiger partial charge in [0.15, 0.2) is 0 Å². The first kappa shape index (κ1) is 10.4. The van der Waals surface area contributed by atoms with Gasteiger partial charge in [0.05, 0.1) is 0 Å². The number of allylic oxidation sites excluding steroid dienone is 3. The third kappa shape index (κ3) is 2.66. The zero-order valence-corrected chi connectivity index (χ0v) is 8.57. The van der Waals surface area contributed by atoms with E-state index < -0.39 is 0 Å². The van der Waals surface area contributed by atoms with Crippen molar-refractivity contribution in [3.63, 3.8) is 0 Å². The summed E-state index contributed by atoms with van der Waals surface area (Å²) in [6.07, 6.45) is 9.35. The van der Waals surface area contributed by atoms with Gasteiger partial charge < -0.3 is 0 Å². The van der Waals surface area contributed by atoms with Gasteiger partial charge in [-0.05, 0) is 32.2 Å². The normalized spacial score (nSPS) is 12.0. The second kappa shape index (κ2) is 5.12. The average Bonchev–Trinajstić information content (AvgIpc) is 2.17. The van der Waals surface area contributed by atoms with Crippen LogP contribution in [0.15, 0.2) is 41.8 Å². The number of aliphatic imine (C=N–C) groups is 1. The predicted octanol–water partition coefficient (Wildman–Crippen LogP) is 3.01. The van der Waals surface area contributed by atoms with E-state index >= 15 is 0 Å². The number of aryl methyl sites for hydroxylation is 1. The van der Waals surface area contributed by atoms with Gasteiger partial charge in [-0.25, -0.2) is 0 Å². The van der Waals surface area contributed by atoms with Gasteiger partial charge in [-0.2, -0.15) is 0 Å². The summed E-state index contributed by atoms with van der Waals surface area (Å²) < 4.78 is 0. The number of nitrogens with zero attached hydrogens (tertiary/aromatic N) is 2. The van der Waals surface area contributed by atoms with Crippen LogP contribution < -0.4 is 0 Å². The fourth-order valence-corrected chi connectivity index (χ4v) is 1.20. The summed E-state index contributed by atoms with van der Waals surface area (Å²) in [6.45, 7) is 7.44. The predicted molar refractivity (Wildman–Crippen MR) is 61.3 cm³/mol. The molecule has 2 heteroatoms. The molecule has 1 rings (SSSR count). The Kier molecular flexibility index (Phi) is 3.80. The van der Waals surface area contributed by atoms with E-state index in [2.05, 4.69) is 22.8 Å². The van der Waals surface area contributed by atoms with E-state index in [9.17, 15) is 0 Å². The molecule has 0 spiro atoms. The molecule has 0 atom stereocenters. The van der Waals surface area contributed by atoms with E-state index in [4.69, 9.17) is 0 Å². The molecular weight excluding hydrogens is 172 g/mol. The lowest BCUT2D eigenvalue weighted by atomic mass is 10.1. The minimum absolute atomic E-state index is 1.03. The average molecular weight is 186 g/mol. The summed E-state index contributed by atoms with van der Waals surface area (Å²) in [5.74, 6) is 0. The van der Waals surface area contributed by atoms with Crippen LogP contribution in [0.1, 0.15) is 18.1 Å². The second-order valence-electron chi connectivity index (χ2n) is 3.02. The zero-order valence-electron chi connectivity index (χ0n) is 8.57. The lowest BCUT2D eigenvalue weighted by Crippen LogP contribution is -1.84. The maximum Gasteiger partial charge on any atom is 0.0347 e. The molecule has 2 nitrogen and oxygen atoms in total. The Morgan fingerprint density at radius 1 is 1.50 bits per heavy atom. The molecule has 72 valence electrons. The number of pyridine rings is 1. The standard InChI is InChI=1S/C12H14N2/c1-4-5-11(8-13-3)12-6-10(2)7-14-9-12/h4-9H,3H2,1-2H3/b5-4-,11-8+. The Hall–Kier alpha value is -1.70. The van der Waals surface area contributed by atoms with E-state index in [0.29, 0.717) is 0 Å². The van der Waals surface area contributed by atoms with Crippen LogP contribution in [0.5, 0.6) is 0 Å². The van der Waals surface area contributed by atoms with Crippen molar-refractivity contribution >= 4 is 12.3 Å². The summed E-state index contributed by atoms with van der Waals surface area (Å²) in [6, 6.07) is 2.07. The molecule has 0 aromatic carbocycles. The molecule has 0 aliphatic heterocycles. The maximum atomic E-state index is 4.13. The van der Waals surface area contributed by atoms with Crippen LogP contribution in [0.2, 0.25) is 0 Å². The maximum absolute atomic E-state index is 4.13. The summed E-state index contributed by atoms with van der Waals surface area (Å²) in [7, 11) is 0. The van der Waals surface area contributed by atoms with E-state index in [-0.39, 0.29) is 0 Å². The Labute approximate surface area is 84.7 Å². The molecule has 1 aromatic heterocycles. The summed E-state index contributed by atoms with van der Waals surface area (Å²) in [5, 5.41) is 0. The van der Waals surface area contributed by atoms with Crippen molar-refractivity contribution in [1.29, 1.82) is 0 Å². The Morgan fingerprint density at radius 2 is 2.29 bits per heavy atom. The molecule has 0 N–H and O–H groups in total. The first-order valence-corrected chi connectivity index (χ1v) is 4.48. The van der Waals surface area contributed by atoms with Gasteiger partial charge in [0.1, 0.15) is 0 Å². The number of hydrogen-bond acceptors (Lipinski definition) is 2. The van der Waals surface area contributed by atoms with Crippen LogP contribution in [-0.2, 0) is 0 Å². The fraction of sp³-hybridized carbons (Fsp3) is 0.167. The molecule has 0 amide bonds. The highest BCUT2D eigenvalue weighted by atomic mass is 14.6. The third-order valence-electron chi connectivity index (χ3n) is 1.78. The van der Waals surface area contributed by atoms with Crippen molar-refractivity contribution in [3.05, 3.63) is 47.9 Å². The van der Waals surface area contributed by atoms with Crippen molar-refractivity contribution in [2.75, 3.05) is 0 Å². The molecule has 14 heavy (non-hydrogen) atoms. The molecular formula is C12H14N2. The van der Waals surface area contributed by atoms with E-state index in [1.807, 2.05) is 38.4 Å². The van der Waals surface area contributed by atoms with Crippen molar-refractivity contribution in [2.45, 2.75) is 13.8 Å². The van der Waals surface area contributed by atoms with E-state index in [0.717, 1.165) is 16.7 Å². The van der Waals surface area contributed by atoms with Gasteiger partial charge in [-0.15, -0.1) is 0 Å². The van der Waals surface area contributed by atoms with Crippen LogP contribution in [0, 0.1) is 6.92 Å². The third-order valence-corrected chi connectivity index (χ3v) is 1.78. The van der Waals surface area contributed by atoms with E-state index in [1.165, 1.54) is 0 Å².